The molecule has 2 heteroatoms. The van der Waals surface area contributed by atoms with Crippen molar-refractivity contribution in [3.8, 4) is 0 Å². The van der Waals surface area contributed by atoms with Crippen LogP contribution in [0.2, 0.25) is 0 Å². The summed E-state index contributed by atoms with van der Waals surface area (Å²) in [5, 5.41) is 3.43. The molecule has 2 aromatic carbocycles. The van der Waals surface area contributed by atoms with Crippen LogP contribution in [0.1, 0.15) is 46.6 Å². The Hall–Kier alpha value is -1.67. The molecule has 0 aromatic heterocycles. The third-order valence-corrected chi connectivity index (χ3v) is 4.18. The standard InChI is InChI=1S/C19H22FN/c1-13-9-16(10-14(2)19(13)20)12-21-11-15-3-5-17(6-4-15)18-7-8-18/h3-6,9-10,18,21H,7-8,11-12H2,1-2H3. The van der Waals surface area contributed by atoms with Crippen LogP contribution in [0.15, 0.2) is 36.4 Å². The molecule has 1 saturated carbocycles. The van der Waals surface area contributed by atoms with Crippen LogP contribution in [0.5, 0.6) is 0 Å². The molecule has 0 atom stereocenters. The van der Waals surface area contributed by atoms with Gasteiger partial charge in [-0.05, 0) is 60.4 Å². The maximum absolute atomic E-state index is 13.6. The number of rotatable bonds is 5. The monoisotopic (exact) mass is 283 g/mol. The second-order valence-electron chi connectivity index (χ2n) is 6.16. The smallest absolute Gasteiger partial charge is 0.129 e. The Morgan fingerprint density at radius 3 is 2.10 bits per heavy atom. The van der Waals surface area contributed by atoms with Crippen LogP contribution in [0.25, 0.3) is 0 Å². The van der Waals surface area contributed by atoms with E-state index in [0.29, 0.717) is 0 Å². The molecule has 0 amide bonds. The molecular formula is C19H22FN. The van der Waals surface area contributed by atoms with Gasteiger partial charge in [0, 0.05) is 13.1 Å². The highest BCUT2D eigenvalue weighted by molar-refractivity contribution is 5.31. The Morgan fingerprint density at radius 1 is 0.952 bits per heavy atom. The fourth-order valence-corrected chi connectivity index (χ4v) is 2.81. The summed E-state index contributed by atoms with van der Waals surface area (Å²) in [6.07, 6.45) is 2.70. The van der Waals surface area contributed by atoms with Crippen LogP contribution < -0.4 is 5.32 Å². The highest BCUT2D eigenvalue weighted by Gasteiger charge is 2.22. The largest absolute Gasteiger partial charge is 0.309 e. The zero-order chi connectivity index (χ0) is 14.8. The normalized spacial score (nSPS) is 14.4. The molecular weight excluding hydrogens is 261 g/mol. The van der Waals surface area contributed by atoms with Gasteiger partial charge in [0.1, 0.15) is 5.82 Å². The molecule has 1 aliphatic carbocycles. The van der Waals surface area contributed by atoms with Gasteiger partial charge in [0.15, 0.2) is 0 Å². The average Bonchev–Trinajstić information content (AvgIpc) is 3.30. The van der Waals surface area contributed by atoms with Crippen LogP contribution >= 0.6 is 0 Å². The predicted octanol–water partition coefficient (Wildman–Crippen LogP) is 4.61. The molecule has 0 bridgehead atoms. The van der Waals surface area contributed by atoms with E-state index in [1.165, 1.54) is 24.0 Å². The first-order valence-corrected chi connectivity index (χ1v) is 7.68. The Morgan fingerprint density at radius 2 is 1.52 bits per heavy atom. The summed E-state index contributed by atoms with van der Waals surface area (Å²) >= 11 is 0. The Kier molecular flexibility index (Phi) is 4.07. The maximum atomic E-state index is 13.6. The quantitative estimate of drug-likeness (QED) is 0.845. The first kappa shape index (κ1) is 14.3. The highest BCUT2D eigenvalue weighted by Crippen LogP contribution is 2.39. The molecule has 1 nitrogen and oxygen atoms in total. The zero-order valence-electron chi connectivity index (χ0n) is 12.7. The lowest BCUT2D eigenvalue weighted by atomic mass is 10.1. The van der Waals surface area contributed by atoms with Crippen LogP contribution in [0.4, 0.5) is 4.39 Å². The molecule has 0 radical (unpaired) electrons. The number of hydrogen-bond acceptors (Lipinski definition) is 1. The van der Waals surface area contributed by atoms with Crippen LogP contribution in [0, 0.1) is 19.7 Å². The molecule has 1 aliphatic rings. The summed E-state index contributed by atoms with van der Waals surface area (Å²) < 4.78 is 13.6. The van der Waals surface area contributed by atoms with Gasteiger partial charge in [-0.3, -0.25) is 0 Å². The van der Waals surface area contributed by atoms with E-state index in [9.17, 15) is 4.39 Å². The van der Waals surface area contributed by atoms with Crippen LogP contribution in [0.3, 0.4) is 0 Å². The first-order chi connectivity index (χ1) is 10.1. The van der Waals surface area contributed by atoms with Gasteiger partial charge in [-0.1, -0.05) is 36.4 Å². The summed E-state index contributed by atoms with van der Waals surface area (Å²) in [7, 11) is 0. The van der Waals surface area contributed by atoms with Crippen molar-refractivity contribution < 1.29 is 4.39 Å². The predicted molar refractivity (Wildman–Crippen MR) is 84.8 cm³/mol. The van der Waals surface area contributed by atoms with E-state index in [-0.39, 0.29) is 5.82 Å². The van der Waals surface area contributed by atoms with E-state index in [4.69, 9.17) is 0 Å². The van der Waals surface area contributed by atoms with Gasteiger partial charge < -0.3 is 5.32 Å². The van der Waals surface area contributed by atoms with Crippen molar-refractivity contribution in [1.82, 2.24) is 5.32 Å². The molecule has 21 heavy (non-hydrogen) atoms. The average molecular weight is 283 g/mol. The van der Waals surface area contributed by atoms with Crippen LogP contribution in [-0.4, -0.2) is 0 Å². The lowest BCUT2D eigenvalue weighted by Crippen LogP contribution is -2.13. The fourth-order valence-electron chi connectivity index (χ4n) is 2.81. The molecule has 1 fully saturated rings. The van der Waals surface area contributed by atoms with Gasteiger partial charge in [-0.2, -0.15) is 0 Å². The zero-order valence-corrected chi connectivity index (χ0v) is 12.7. The second-order valence-corrected chi connectivity index (χ2v) is 6.16. The molecule has 3 rings (SSSR count). The van der Waals surface area contributed by atoms with Crippen molar-refractivity contribution in [1.29, 1.82) is 0 Å². The maximum Gasteiger partial charge on any atom is 0.129 e. The van der Waals surface area contributed by atoms with Gasteiger partial charge in [0.05, 0.1) is 0 Å². The van der Waals surface area contributed by atoms with Crippen molar-refractivity contribution in [3.05, 3.63) is 70.0 Å². The van der Waals surface area contributed by atoms with E-state index in [2.05, 4.69) is 29.6 Å². The van der Waals surface area contributed by atoms with Gasteiger partial charge >= 0.3 is 0 Å². The van der Waals surface area contributed by atoms with Crippen molar-refractivity contribution >= 4 is 0 Å². The Bertz CT molecular complexity index is 604. The van der Waals surface area contributed by atoms with E-state index < -0.39 is 0 Å². The number of aryl methyl sites for hydroxylation is 2. The molecule has 0 saturated heterocycles. The summed E-state index contributed by atoms with van der Waals surface area (Å²) in [6.45, 7) is 5.26. The summed E-state index contributed by atoms with van der Waals surface area (Å²) in [6, 6.07) is 12.8. The van der Waals surface area contributed by atoms with E-state index in [0.717, 1.165) is 35.7 Å². The van der Waals surface area contributed by atoms with Crippen LogP contribution in [-0.2, 0) is 13.1 Å². The molecule has 0 unspecified atom stereocenters. The van der Waals surface area contributed by atoms with Gasteiger partial charge in [0.25, 0.3) is 0 Å². The minimum Gasteiger partial charge on any atom is -0.309 e. The topological polar surface area (TPSA) is 12.0 Å². The molecule has 2 aromatic rings. The molecule has 0 heterocycles. The Labute approximate surface area is 126 Å². The molecule has 0 spiro atoms. The van der Waals surface area contributed by atoms with E-state index >= 15 is 0 Å². The van der Waals surface area contributed by atoms with Gasteiger partial charge in [-0.25, -0.2) is 4.39 Å². The number of nitrogens with one attached hydrogen (secondary N) is 1. The third kappa shape index (κ3) is 3.51. The van der Waals surface area contributed by atoms with E-state index in [1.807, 2.05) is 26.0 Å². The third-order valence-electron chi connectivity index (χ3n) is 4.18. The minimum atomic E-state index is -0.0885. The van der Waals surface area contributed by atoms with Crippen molar-refractivity contribution in [2.45, 2.75) is 45.7 Å². The van der Waals surface area contributed by atoms with Crippen molar-refractivity contribution in [2.24, 2.45) is 0 Å². The number of halogens is 1. The number of benzene rings is 2. The lowest BCUT2D eigenvalue weighted by Gasteiger charge is -2.09. The van der Waals surface area contributed by atoms with Gasteiger partial charge in [-0.15, -0.1) is 0 Å². The fraction of sp³-hybridized carbons (Fsp3) is 0.368. The number of hydrogen-bond donors (Lipinski definition) is 1. The van der Waals surface area contributed by atoms with Crippen molar-refractivity contribution in [2.75, 3.05) is 0 Å². The van der Waals surface area contributed by atoms with E-state index in [1.54, 1.807) is 0 Å². The Balaban J connectivity index is 1.55. The summed E-state index contributed by atoms with van der Waals surface area (Å²) in [5.74, 6) is 0.728. The highest BCUT2D eigenvalue weighted by atomic mass is 19.1. The minimum absolute atomic E-state index is 0.0885. The molecule has 110 valence electrons. The summed E-state index contributed by atoms with van der Waals surface area (Å²) in [4.78, 5) is 0. The second kappa shape index (κ2) is 5.98. The van der Waals surface area contributed by atoms with Gasteiger partial charge in [0.2, 0.25) is 0 Å². The molecule has 0 aliphatic heterocycles. The van der Waals surface area contributed by atoms with Crippen molar-refractivity contribution in [3.63, 3.8) is 0 Å². The summed E-state index contributed by atoms with van der Waals surface area (Å²) in [5.41, 5.74) is 5.36. The first-order valence-electron chi connectivity index (χ1n) is 7.68. The molecule has 1 N–H and O–H groups in total. The SMILES string of the molecule is Cc1cc(CNCc2ccc(C3CC3)cc2)cc(C)c1F. The lowest BCUT2D eigenvalue weighted by molar-refractivity contribution is 0.606.